The maximum atomic E-state index is 13.2. The summed E-state index contributed by atoms with van der Waals surface area (Å²) >= 11 is 0. The van der Waals surface area contributed by atoms with Gasteiger partial charge in [0.05, 0.1) is 17.1 Å². The van der Waals surface area contributed by atoms with E-state index in [9.17, 15) is 17.6 Å². The topological polar surface area (TPSA) is 84.3 Å². The number of hydrogen-bond acceptors (Lipinski definition) is 4. The van der Waals surface area contributed by atoms with E-state index in [1.54, 1.807) is 12.5 Å². The van der Waals surface area contributed by atoms with Crippen molar-refractivity contribution in [2.24, 2.45) is 5.92 Å². The first-order valence-electron chi connectivity index (χ1n) is 10.5. The quantitative estimate of drug-likeness (QED) is 0.593. The molecule has 3 aromatic rings. The molecule has 0 aliphatic carbocycles. The molecule has 1 N–H and O–H groups in total. The molecule has 0 unspecified atom stereocenters. The van der Waals surface area contributed by atoms with Crippen LogP contribution in [0.25, 0.3) is 0 Å². The van der Waals surface area contributed by atoms with Crippen molar-refractivity contribution >= 4 is 15.9 Å². The predicted octanol–water partition coefficient (Wildman–Crippen LogP) is 2.79. The van der Waals surface area contributed by atoms with Crippen LogP contribution in [0, 0.1) is 11.7 Å². The predicted molar refractivity (Wildman–Crippen MR) is 118 cm³/mol. The van der Waals surface area contributed by atoms with E-state index in [-0.39, 0.29) is 17.3 Å². The van der Waals surface area contributed by atoms with Crippen molar-refractivity contribution < 1.29 is 17.6 Å². The molecule has 0 bridgehead atoms. The third kappa shape index (κ3) is 5.05. The Morgan fingerprint density at radius 3 is 2.59 bits per heavy atom. The van der Waals surface area contributed by atoms with Gasteiger partial charge in [-0.2, -0.15) is 4.31 Å². The molecule has 1 fully saturated rings. The normalized spacial score (nSPS) is 17.2. The van der Waals surface area contributed by atoms with Gasteiger partial charge in [0.2, 0.25) is 15.9 Å². The van der Waals surface area contributed by atoms with Gasteiger partial charge in [0.1, 0.15) is 5.82 Å². The molecule has 32 heavy (non-hydrogen) atoms. The monoisotopic (exact) mass is 456 g/mol. The number of carbonyl (C=O) groups excluding carboxylic acids is 1. The number of halogens is 1. The maximum Gasteiger partial charge on any atom is 0.243 e. The van der Waals surface area contributed by atoms with Crippen LogP contribution in [0.2, 0.25) is 0 Å². The minimum atomic E-state index is -3.77. The van der Waals surface area contributed by atoms with Crippen LogP contribution in [0.15, 0.2) is 72.1 Å². The second kappa shape index (κ2) is 9.62. The summed E-state index contributed by atoms with van der Waals surface area (Å²) in [4.78, 5) is 16.9. The zero-order chi connectivity index (χ0) is 22.6. The highest BCUT2D eigenvalue weighted by molar-refractivity contribution is 7.89. The van der Waals surface area contributed by atoms with Gasteiger partial charge in [-0.1, -0.05) is 24.3 Å². The molecule has 9 heteroatoms. The average molecular weight is 457 g/mol. The molecule has 1 amide bonds. The number of carbonyl (C=O) groups is 1. The van der Waals surface area contributed by atoms with Gasteiger partial charge in [-0.25, -0.2) is 17.8 Å². The summed E-state index contributed by atoms with van der Waals surface area (Å²) in [5, 5.41) is 2.97. The van der Waals surface area contributed by atoms with Crippen molar-refractivity contribution in [3.05, 3.63) is 84.2 Å². The first-order valence-corrected chi connectivity index (χ1v) is 11.9. The molecule has 1 aliphatic heterocycles. The van der Waals surface area contributed by atoms with Crippen molar-refractivity contribution in [3.8, 4) is 0 Å². The fourth-order valence-corrected chi connectivity index (χ4v) is 5.44. The number of amides is 1. The van der Waals surface area contributed by atoms with Crippen LogP contribution in [0.1, 0.15) is 24.0 Å². The lowest BCUT2D eigenvalue weighted by molar-refractivity contribution is -0.126. The number of sulfonamides is 1. The van der Waals surface area contributed by atoms with Gasteiger partial charge in [-0.05, 0) is 48.2 Å². The van der Waals surface area contributed by atoms with E-state index in [1.165, 1.54) is 16.4 Å². The summed E-state index contributed by atoms with van der Waals surface area (Å²) in [5.41, 5.74) is 2.08. The maximum absolute atomic E-state index is 13.2. The molecule has 1 aliphatic rings. The Morgan fingerprint density at radius 2 is 1.88 bits per heavy atom. The van der Waals surface area contributed by atoms with E-state index < -0.39 is 21.8 Å². The third-order valence-electron chi connectivity index (χ3n) is 5.69. The van der Waals surface area contributed by atoms with Crippen LogP contribution in [0.4, 0.5) is 4.39 Å². The third-order valence-corrected chi connectivity index (χ3v) is 7.57. The zero-order valence-electron chi connectivity index (χ0n) is 17.5. The number of imidazole rings is 1. The largest absolute Gasteiger partial charge is 0.352 e. The van der Waals surface area contributed by atoms with E-state index >= 15 is 0 Å². The van der Waals surface area contributed by atoms with Crippen molar-refractivity contribution in [2.75, 3.05) is 13.1 Å². The Bertz CT molecular complexity index is 1160. The van der Waals surface area contributed by atoms with Crippen molar-refractivity contribution in [1.82, 2.24) is 19.2 Å². The summed E-state index contributed by atoms with van der Waals surface area (Å²) in [6.07, 6.45) is 6.56. The summed E-state index contributed by atoms with van der Waals surface area (Å²) in [6.45, 7) is 1.48. The van der Waals surface area contributed by atoms with E-state index in [0.717, 1.165) is 23.3 Å². The van der Waals surface area contributed by atoms with Crippen LogP contribution in [0.3, 0.4) is 0 Å². The summed E-state index contributed by atoms with van der Waals surface area (Å²) < 4.78 is 42.3. The highest BCUT2D eigenvalue weighted by Gasteiger charge is 2.33. The fourth-order valence-electron chi connectivity index (χ4n) is 3.92. The highest BCUT2D eigenvalue weighted by Crippen LogP contribution is 2.24. The lowest BCUT2D eigenvalue weighted by atomic mass is 9.98. The number of piperidine rings is 1. The number of hydrogen-bond donors (Lipinski definition) is 1. The van der Waals surface area contributed by atoms with Crippen molar-refractivity contribution in [3.63, 3.8) is 0 Å². The van der Waals surface area contributed by atoms with Crippen LogP contribution >= 0.6 is 0 Å². The van der Waals surface area contributed by atoms with E-state index in [2.05, 4.69) is 10.3 Å². The van der Waals surface area contributed by atoms with Gasteiger partial charge in [-0.3, -0.25) is 4.79 Å². The van der Waals surface area contributed by atoms with E-state index in [1.807, 2.05) is 35.0 Å². The van der Waals surface area contributed by atoms with Gasteiger partial charge in [0.25, 0.3) is 0 Å². The molecule has 168 valence electrons. The second-order valence-corrected chi connectivity index (χ2v) is 9.82. The van der Waals surface area contributed by atoms with Crippen LogP contribution < -0.4 is 5.32 Å². The number of nitrogens with zero attached hydrogens (tertiary/aromatic N) is 3. The van der Waals surface area contributed by atoms with Gasteiger partial charge in [0, 0.05) is 38.6 Å². The molecular weight excluding hydrogens is 431 g/mol. The van der Waals surface area contributed by atoms with Gasteiger partial charge in [0.15, 0.2) is 0 Å². The summed E-state index contributed by atoms with van der Waals surface area (Å²) in [5.74, 6) is -1.09. The molecule has 4 rings (SSSR count). The second-order valence-electron chi connectivity index (χ2n) is 7.88. The molecule has 0 radical (unpaired) electrons. The Labute approximate surface area is 186 Å². The van der Waals surface area contributed by atoms with Gasteiger partial charge < -0.3 is 9.88 Å². The first-order chi connectivity index (χ1) is 15.4. The van der Waals surface area contributed by atoms with Gasteiger partial charge in [-0.15, -0.1) is 0 Å². The fraction of sp³-hybridized carbons (Fsp3) is 0.304. The number of rotatable bonds is 7. The molecule has 1 saturated heterocycles. The molecule has 2 aromatic carbocycles. The molecule has 1 atom stereocenters. The molecule has 0 spiro atoms. The molecule has 2 heterocycles. The minimum absolute atomic E-state index is 0.0355. The molecule has 1 aromatic heterocycles. The number of benzene rings is 2. The van der Waals surface area contributed by atoms with Crippen molar-refractivity contribution in [2.45, 2.75) is 30.8 Å². The van der Waals surface area contributed by atoms with Crippen LogP contribution in [-0.4, -0.2) is 41.3 Å². The summed E-state index contributed by atoms with van der Waals surface area (Å²) in [6, 6.07) is 12.6. The standard InChI is InChI=1S/C23H25FN4O3S/c24-21-7-9-22(10-8-21)32(30,31)28-12-3-6-20(16-28)23(29)26-14-18-4-1-2-5-19(18)15-27-13-11-25-17-27/h1-2,4-5,7-11,13,17,20H,3,6,12,14-16H2,(H,26,29)/t20-/m1/s1. The molecule has 7 nitrogen and oxygen atoms in total. The number of aromatic nitrogens is 2. The Morgan fingerprint density at radius 1 is 1.12 bits per heavy atom. The van der Waals surface area contributed by atoms with Crippen LogP contribution in [0.5, 0.6) is 0 Å². The zero-order valence-corrected chi connectivity index (χ0v) is 18.3. The number of nitrogens with one attached hydrogen (secondary N) is 1. The SMILES string of the molecule is O=C(NCc1ccccc1Cn1ccnc1)[C@@H]1CCCN(S(=O)(=O)c2ccc(F)cc2)C1. The molecule has 0 saturated carbocycles. The summed E-state index contributed by atoms with van der Waals surface area (Å²) in [7, 11) is -3.77. The Hall–Kier alpha value is -3.04. The van der Waals surface area contributed by atoms with Gasteiger partial charge >= 0.3 is 0 Å². The Kier molecular flexibility index (Phi) is 6.66. The van der Waals surface area contributed by atoms with Crippen molar-refractivity contribution in [1.29, 1.82) is 0 Å². The lowest BCUT2D eigenvalue weighted by Crippen LogP contribution is -2.45. The minimum Gasteiger partial charge on any atom is -0.352 e. The van der Waals surface area contributed by atoms with Crippen LogP contribution in [-0.2, 0) is 27.9 Å². The molecular formula is C23H25FN4O3S. The lowest BCUT2D eigenvalue weighted by Gasteiger charge is -2.31. The van der Waals surface area contributed by atoms with E-state index in [0.29, 0.717) is 32.5 Å². The first kappa shape index (κ1) is 22.2. The smallest absolute Gasteiger partial charge is 0.243 e. The average Bonchev–Trinajstić information content (AvgIpc) is 3.32. The Balaban J connectivity index is 1.40. The highest BCUT2D eigenvalue weighted by atomic mass is 32.2. The van der Waals surface area contributed by atoms with E-state index in [4.69, 9.17) is 0 Å².